The van der Waals surface area contributed by atoms with Crippen LogP contribution in [0, 0.1) is 5.82 Å². The topological polar surface area (TPSA) is 44.5 Å². The first-order valence-corrected chi connectivity index (χ1v) is 4.95. The van der Waals surface area contributed by atoms with E-state index in [2.05, 4.69) is 0 Å². The van der Waals surface area contributed by atoms with Gasteiger partial charge in [-0.3, -0.25) is 0 Å². The van der Waals surface area contributed by atoms with Crippen LogP contribution in [-0.2, 0) is 0 Å². The second kappa shape index (κ2) is 5.37. The summed E-state index contributed by atoms with van der Waals surface area (Å²) in [6.45, 7) is 0. The lowest BCUT2D eigenvalue weighted by atomic mass is 9.90. The summed E-state index contributed by atoms with van der Waals surface area (Å²) in [6, 6.07) is 4.83. The molecule has 16 heavy (non-hydrogen) atoms. The van der Waals surface area contributed by atoms with Crippen molar-refractivity contribution in [2.75, 3.05) is 7.11 Å². The van der Waals surface area contributed by atoms with E-state index in [-0.39, 0.29) is 30.3 Å². The van der Waals surface area contributed by atoms with Gasteiger partial charge in [-0.2, -0.15) is 0 Å². The van der Waals surface area contributed by atoms with Crippen molar-refractivity contribution in [2.45, 2.75) is 25.0 Å². The molecule has 0 aromatic heterocycles. The maximum atomic E-state index is 13.3. The molecule has 1 aromatic carbocycles. The Hall–Kier alpha value is -1.00. The van der Waals surface area contributed by atoms with Gasteiger partial charge in [0.15, 0.2) is 11.6 Å². The summed E-state index contributed by atoms with van der Waals surface area (Å²) >= 11 is 0. The molecular weight excluding hydrogens is 233 g/mol. The van der Waals surface area contributed by atoms with Crippen LogP contribution < -0.4 is 15.2 Å². The Labute approximate surface area is 100 Å². The van der Waals surface area contributed by atoms with E-state index >= 15 is 0 Å². The molecule has 0 aliphatic heterocycles. The van der Waals surface area contributed by atoms with Gasteiger partial charge in [0.2, 0.25) is 0 Å². The number of rotatable bonds is 3. The van der Waals surface area contributed by atoms with Gasteiger partial charge in [0.25, 0.3) is 0 Å². The molecule has 3 nitrogen and oxygen atoms in total. The second-order valence-corrected chi connectivity index (χ2v) is 3.77. The minimum atomic E-state index is -0.404. The molecule has 0 saturated heterocycles. The molecule has 0 amide bonds. The highest BCUT2D eigenvalue weighted by Gasteiger charge is 2.27. The molecule has 0 spiro atoms. The largest absolute Gasteiger partial charge is 0.494 e. The zero-order chi connectivity index (χ0) is 10.8. The maximum Gasteiger partial charge on any atom is 0.168 e. The minimum Gasteiger partial charge on any atom is -0.494 e. The molecule has 1 aromatic rings. The average molecular weight is 248 g/mol. The molecule has 0 atom stereocenters. The maximum absolute atomic E-state index is 13.3. The van der Waals surface area contributed by atoms with E-state index in [1.807, 2.05) is 0 Å². The predicted molar refractivity (Wildman–Crippen MR) is 61.8 cm³/mol. The molecule has 0 unspecified atom stereocenters. The van der Waals surface area contributed by atoms with E-state index in [1.54, 1.807) is 12.1 Å². The summed E-state index contributed by atoms with van der Waals surface area (Å²) in [5.74, 6) is 0.358. The van der Waals surface area contributed by atoms with Crippen molar-refractivity contribution < 1.29 is 13.9 Å². The van der Waals surface area contributed by atoms with Crippen molar-refractivity contribution in [2.24, 2.45) is 5.73 Å². The van der Waals surface area contributed by atoms with Gasteiger partial charge in [-0.15, -0.1) is 12.4 Å². The lowest BCUT2D eigenvalue weighted by molar-refractivity contribution is 0.100. The highest BCUT2D eigenvalue weighted by atomic mass is 35.5. The van der Waals surface area contributed by atoms with Crippen LogP contribution in [0.5, 0.6) is 11.5 Å². The minimum absolute atomic E-state index is 0. The van der Waals surface area contributed by atoms with Crippen molar-refractivity contribution in [3.63, 3.8) is 0 Å². The Morgan fingerprint density at radius 3 is 2.56 bits per heavy atom. The fraction of sp³-hybridized carbons (Fsp3) is 0.455. The standard InChI is InChI=1S/C11H14FNO2.ClH/c1-14-11-3-2-8(6-10(11)12)15-9-4-7(13)5-9;/h2-3,6-7,9H,4-5,13H2,1H3;1H. The normalized spacial score (nSPS) is 22.9. The molecule has 1 aliphatic carbocycles. The third kappa shape index (κ3) is 2.77. The molecule has 0 radical (unpaired) electrons. The first-order chi connectivity index (χ1) is 7.19. The van der Waals surface area contributed by atoms with Crippen molar-refractivity contribution in [3.8, 4) is 11.5 Å². The van der Waals surface area contributed by atoms with Crippen molar-refractivity contribution in [3.05, 3.63) is 24.0 Å². The van der Waals surface area contributed by atoms with Gasteiger partial charge in [-0.1, -0.05) is 0 Å². The predicted octanol–water partition coefficient (Wildman–Crippen LogP) is 2.12. The van der Waals surface area contributed by atoms with Crippen LogP contribution in [0.4, 0.5) is 4.39 Å². The van der Waals surface area contributed by atoms with Crippen LogP contribution in [0.3, 0.4) is 0 Å². The lowest BCUT2D eigenvalue weighted by Crippen LogP contribution is -2.43. The van der Waals surface area contributed by atoms with Crippen LogP contribution in [0.15, 0.2) is 18.2 Å². The zero-order valence-corrected chi connectivity index (χ0v) is 9.80. The molecule has 1 fully saturated rings. The van der Waals surface area contributed by atoms with Crippen LogP contribution in [-0.4, -0.2) is 19.3 Å². The van der Waals surface area contributed by atoms with Crippen LogP contribution in [0.1, 0.15) is 12.8 Å². The van der Waals surface area contributed by atoms with Crippen LogP contribution in [0.2, 0.25) is 0 Å². The summed E-state index contributed by atoms with van der Waals surface area (Å²) in [5, 5.41) is 0. The van der Waals surface area contributed by atoms with Gasteiger partial charge in [0, 0.05) is 12.1 Å². The summed E-state index contributed by atoms with van der Waals surface area (Å²) in [4.78, 5) is 0. The van der Waals surface area contributed by atoms with Crippen molar-refractivity contribution in [1.82, 2.24) is 0 Å². The SMILES string of the molecule is COc1ccc(OC2CC(N)C2)cc1F.Cl. The molecule has 0 bridgehead atoms. The fourth-order valence-electron chi connectivity index (χ4n) is 1.62. The van der Waals surface area contributed by atoms with Crippen LogP contribution >= 0.6 is 12.4 Å². The highest BCUT2D eigenvalue weighted by molar-refractivity contribution is 5.85. The van der Waals surface area contributed by atoms with E-state index in [0.717, 1.165) is 12.8 Å². The van der Waals surface area contributed by atoms with Crippen LogP contribution in [0.25, 0.3) is 0 Å². The number of methoxy groups -OCH3 is 1. The van der Waals surface area contributed by atoms with Crippen molar-refractivity contribution in [1.29, 1.82) is 0 Å². The number of nitrogens with two attached hydrogens (primary N) is 1. The molecule has 2 rings (SSSR count). The summed E-state index contributed by atoms with van der Waals surface area (Å²) in [5.41, 5.74) is 5.62. The third-order valence-corrected chi connectivity index (χ3v) is 2.56. The number of halogens is 2. The van der Waals surface area contributed by atoms with Gasteiger partial charge in [-0.25, -0.2) is 4.39 Å². The van der Waals surface area contributed by atoms with E-state index in [9.17, 15) is 4.39 Å². The monoisotopic (exact) mass is 247 g/mol. The number of ether oxygens (including phenoxy) is 2. The third-order valence-electron chi connectivity index (χ3n) is 2.56. The molecule has 90 valence electrons. The van der Waals surface area contributed by atoms with Gasteiger partial charge in [0.1, 0.15) is 11.9 Å². The van der Waals surface area contributed by atoms with E-state index in [1.165, 1.54) is 13.2 Å². The first kappa shape index (κ1) is 13.1. The number of benzene rings is 1. The molecule has 1 aliphatic rings. The Kier molecular flexibility index (Phi) is 4.38. The first-order valence-electron chi connectivity index (χ1n) is 4.95. The number of hydrogen-bond donors (Lipinski definition) is 1. The Bertz CT molecular complexity index is 356. The molecule has 5 heteroatoms. The Balaban J connectivity index is 0.00000128. The summed E-state index contributed by atoms with van der Waals surface area (Å²) in [6.07, 6.45) is 1.81. The van der Waals surface area contributed by atoms with E-state index in [4.69, 9.17) is 15.2 Å². The quantitative estimate of drug-likeness (QED) is 0.890. The van der Waals surface area contributed by atoms with E-state index in [0.29, 0.717) is 5.75 Å². The smallest absolute Gasteiger partial charge is 0.168 e. The average Bonchev–Trinajstić information content (AvgIpc) is 2.16. The lowest BCUT2D eigenvalue weighted by Gasteiger charge is -2.32. The zero-order valence-electron chi connectivity index (χ0n) is 8.98. The van der Waals surface area contributed by atoms with Gasteiger partial charge in [0.05, 0.1) is 7.11 Å². The summed E-state index contributed by atoms with van der Waals surface area (Å²) in [7, 11) is 1.43. The van der Waals surface area contributed by atoms with Gasteiger partial charge >= 0.3 is 0 Å². The summed E-state index contributed by atoms with van der Waals surface area (Å²) < 4.78 is 23.6. The molecular formula is C11H15ClFNO2. The Morgan fingerprint density at radius 1 is 1.38 bits per heavy atom. The molecule has 0 heterocycles. The highest BCUT2D eigenvalue weighted by Crippen LogP contribution is 2.27. The van der Waals surface area contributed by atoms with Gasteiger partial charge < -0.3 is 15.2 Å². The Morgan fingerprint density at radius 2 is 2.06 bits per heavy atom. The molecule has 1 saturated carbocycles. The number of hydrogen-bond acceptors (Lipinski definition) is 3. The van der Waals surface area contributed by atoms with Crippen molar-refractivity contribution >= 4 is 12.4 Å². The van der Waals surface area contributed by atoms with E-state index < -0.39 is 5.82 Å². The second-order valence-electron chi connectivity index (χ2n) is 3.77. The molecule has 2 N–H and O–H groups in total. The fourth-order valence-corrected chi connectivity index (χ4v) is 1.62. The van der Waals surface area contributed by atoms with Gasteiger partial charge in [-0.05, 0) is 25.0 Å².